The van der Waals surface area contributed by atoms with Crippen molar-refractivity contribution in [3.8, 4) is 5.75 Å². The van der Waals surface area contributed by atoms with E-state index in [1.807, 2.05) is 20.0 Å². The molecule has 0 radical (unpaired) electrons. The zero-order chi connectivity index (χ0) is 12.3. The molecule has 2 rings (SSSR count). The first kappa shape index (κ1) is 12.4. The molecule has 0 saturated carbocycles. The van der Waals surface area contributed by atoms with Crippen LogP contribution in [-0.4, -0.2) is 28.1 Å². The number of rotatable bonds is 5. The van der Waals surface area contributed by atoms with Crippen molar-refractivity contribution in [3.63, 3.8) is 0 Å². The first-order valence-corrected chi connectivity index (χ1v) is 7.54. The van der Waals surface area contributed by atoms with E-state index in [0.717, 1.165) is 24.5 Å². The number of likely N-dealkylation sites (N-methyl/N-ethyl adjacent to an activating group) is 1. The summed E-state index contributed by atoms with van der Waals surface area (Å²) in [4.78, 5) is 2.36. The summed E-state index contributed by atoms with van der Waals surface area (Å²) in [6, 6.07) is 6.29. The van der Waals surface area contributed by atoms with Crippen molar-refractivity contribution in [2.45, 2.75) is 13.3 Å². The van der Waals surface area contributed by atoms with Crippen LogP contribution in [0.4, 0.5) is 0 Å². The predicted octanol–water partition coefficient (Wildman–Crippen LogP) is 2.57. The number of benzene rings is 1. The van der Waals surface area contributed by atoms with Gasteiger partial charge in [-0.05, 0) is 0 Å². The fourth-order valence-electron chi connectivity index (χ4n) is 1.84. The van der Waals surface area contributed by atoms with Gasteiger partial charge in [0.2, 0.25) is 0 Å². The van der Waals surface area contributed by atoms with Gasteiger partial charge in [-0.1, -0.05) is 0 Å². The van der Waals surface area contributed by atoms with Crippen LogP contribution in [0.3, 0.4) is 0 Å². The van der Waals surface area contributed by atoms with Crippen LogP contribution in [-0.2, 0) is 6.42 Å². The third kappa shape index (κ3) is 2.81. The van der Waals surface area contributed by atoms with E-state index in [4.69, 9.17) is 4.74 Å². The van der Waals surface area contributed by atoms with Crippen LogP contribution < -0.4 is 10.1 Å². The molecule has 0 spiro atoms. The van der Waals surface area contributed by atoms with E-state index in [9.17, 15) is 0 Å². The van der Waals surface area contributed by atoms with Gasteiger partial charge >= 0.3 is 108 Å². The van der Waals surface area contributed by atoms with Gasteiger partial charge in [-0.25, -0.2) is 0 Å². The summed E-state index contributed by atoms with van der Waals surface area (Å²) in [6.07, 6.45) is 1.06. The van der Waals surface area contributed by atoms with Gasteiger partial charge in [0.25, 0.3) is 0 Å². The van der Waals surface area contributed by atoms with Crippen LogP contribution in [0.15, 0.2) is 35.5 Å². The second-order valence-corrected chi connectivity index (χ2v) is 5.96. The van der Waals surface area contributed by atoms with Crippen LogP contribution in [0.1, 0.15) is 12.5 Å². The molecule has 3 heteroatoms. The third-order valence-electron chi connectivity index (χ3n) is 2.57. The Morgan fingerprint density at radius 3 is 3.00 bits per heavy atom. The number of hydrogen-bond donors (Lipinski definition) is 1. The molecule has 1 N–H and O–H groups in total. The molecule has 0 atom stereocenters. The average Bonchev–Trinajstić information content (AvgIpc) is 2.70. The second-order valence-electron chi connectivity index (χ2n) is 4.05. The maximum absolute atomic E-state index is 5.72. The average molecular weight is 294 g/mol. The molecule has 1 heterocycles. The number of allylic oxidation sites excluding steroid dienone is 1. The van der Waals surface area contributed by atoms with Crippen molar-refractivity contribution < 1.29 is 4.74 Å². The van der Waals surface area contributed by atoms with Crippen molar-refractivity contribution in [1.82, 2.24) is 5.32 Å². The van der Waals surface area contributed by atoms with E-state index >= 15 is 0 Å². The fraction of sp³-hybridized carbons (Fsp3) is 0.286. The quantitative estimate of drug-likeness (QED) is 0.676. The van der Waals surface area contributed by atoms with E-state index in [1.54, 1.807) is 0 Å². The number of fused-ring (bicyclic) bond motifs is 1. The Kier molecular flexibility index (Phi) is 4.06. The van der Waals surface area contributed by atoms with Crippen LogP contribution in [0, 0.1) is 0 Å². The molecular weight excluding hydrogens is 277 g/mol. The Balaban J connectivity index is 2.43. The summed E-state index contributed by atoms with van der Waals surface area (Å²) >= 11 is 0.451. The molecule has 0 amide bonds. The summed E-state index contributed by atoms with van der Waals surface area (Å²) in [5.74, 6) is 1.70. The molecule has 0 aliphatic heterocycles. The van der Waals surface area contributed by atoms with E-state index in [1.165, 1.54) is 15.2 Å². The fourth-order valence-corrected chi connectivity index (χ4v) is 3.96. The normalized spacial score (nSPS) is 10.7. The van der Waals surface area contributed by atoms with E-state index in [0.29, 0.717) is 14.5 Å². The van der Waals surface area contributed by atoms with Gasteiger partial charge in [0.15, 0.2) is 0 Å². The molecule has 0 aliphatic rings. The van der Waals surface area contributed by atoms with Gasteiger partial charge in [0.05, 0.1) is 0 Å². The monoisotopic (exact) mass is 295 g/mol. The first-order chi connectivity index (χ1) is 8.22. The predicted molar refractivity (Wildman–Crippen MR) is 74.0 cm³/mol. The van der Waals surface area contributed by atoms with Gasteiger partial charge in [-0.3, -0.25) is 0 Å². The van der Waals surface area contributed by atoms with E-state index in [-0.39, 0.29) is 0 Å². The molecule has 2 aromatic rings. The number of ether oxygens (including phenoxy) is 1. The van der Waals surface area contributed by atoms with Crippen LogP contribution in [0.25, 0.3) is 9.65 Å². The van der Waals surface area contributed by atoms with Crippen LogP contribution in [0.5, 0.6) is 5.75 Å². The minimum absolute atomic E-state index is 0.451. The summed E-state index contributed by atoms with van der Waals surface area (Å²) in [5, 5.41) is 4.49. The van der Waals surface area contributed by atoms with Crippen molar-refractivity contribution in [1.29, 1.82) is 0 Å². The summed E-state index contributed by atoms with van der Waals surface area (Å²) < 4.78 is 7.14. The Hall–Kier alpha value is -1.02. The van der Waals surface area contributed by atoms with Crippen LogP contribution >= 0.6 is 0 Å². The maximum atomic E-state index is 5.72. The SMILES string of the molecule is C=C(C)Oc1cccc2[se]cc(CCNC)c12. The Morgan fingerprint density at radius 2 is 2.29 bits per heavy atom. The molecule has 17 heavy (non-hydrogen) atoms. The van der Waals surface area contributed by atoms with E-state index < -0.39 is 0 Å². The van der Waals surface area contributed by atoms with Crippen molar-refractivity contribution in [2.75, 3.05) is 13.6 Å². The van der Waals surface area contributed by atoms with Crippen molar-refractivity contribution >= 4 is 24.1 Å². The Labute approximate surface area is 108 Å². The molecule has 90 valence electrons. The van der Waals surface area contributed by atoms with Gasteiger partial charge in [-0.2, -0.15) is 0 Å². The molecule has 0 bridgehead atoms. The Bertz CT molecular complexity index is 530. The third-order valence-corrected chi connectivity index (χ3v) is 4.66. The zero-order valence-electron chi connectivity index (χ0n) is 10.2. The molecule has 1 aromatic heterocycles. The van der Waals surface area contributed by atoms with Crippen LogP contribution in [0.2, 0.25) is 0 Å². The zero-order valence-corrected chi connectivity index (χ0v) is 12.0. The van der Waals surface area contributed by atoms with Gasteiger partial charge in [0, 0.05) is 0 Å². The molecular formula is C14H17NOSe. The molecule has 0 fully saturated rings. The minimum atomic E-state index is 0.451. The molecule has 0 unspecified atom stereocenters. The Morgan fingerprint density at radius 1 is 1.47 bits per heavy atom. The summed E-state index contributed by atoms with van der Waals surface area (Å²) in [5.41, 5.74) is 1.41. The second kappa shape index (κ2) is 5.54. The van der Waals surface area contributed by atoms with Gasteiger partial charge < -0.3 is 0 Å². The van der Waals surface area contributed by atoms with E-state index in [2.05, 4.69) is 29.0 Å². The van der Waals surface area contributed by atoms with Crippen molar-refractivity contribution in [3.05, 3.63) is 41.0 Å². The summed E-state index contributed by atoms with van der Waals surface area (Å²) in [6.45, 7) is 6.70. The first-order valence-electron chi connectivity index (χ1n) is 5.69. The topological polar surface area (TPSA) is 21.3 Å². The van der Waals surface area contributed by atoms with Gasteiger partial charge in [-0.15, -0.1) is 0 Å². The molecule has 1 aromatic carbocycles. The van der Waals surface area contributed by atoms with Gasteiger partial charge in [0.1, 0.15) is 0 Å². The molecule has 0 aliphatic carbocycles. The molecule has 2 nitrogen and oxygen atoms in total. The number of hydrogen-bond acceptors (Lipinski definition) is 2. The van der Waals surface area contributed by atoms with Crippen molar-refractivity contribution in [2.24, 2.45) is 0 Å². The standard InChI is InChI=1S/C14H17NOSe/c1-10(2)16-12-5-4-6-13-14(12)11(9-17-13)7-8-15-3/h4-6,9,15H,1,7-8H2,2-3H3. The number of nitrogens with one attached hydrogen (secondary N) is 1. The molecule has 0 saturated heterocycles. The summed E-state index contributed by atoms with van der Waals surface area (Å²) in [7, 11) is 1.98.